The van der Waals surface area contributed by atoms with E-state index in [0.29, 0.717) is 22.8 Å². The predicted octanol–water partition coefficient (Wildman–Crippen LogP) is 2.51. The van der Waals surface area contributed by atoms with E-state index in [9.17, 15) is 4.79 Å². The fourth-order valence-electron chi connectivity index (χ4n) is 1.49. The van der Waals surface area contributed by atoms with Gasteiger partial charge in [0.1, 0.15) is 12.4 Å². The normalized spacial score (nSPS) is 10.5. The number of carbonyl (C=O) groups excluding carboxylic acids is 1. The van der Waals surface area contributed by atoms with Crippen LogP contribution in [0.3, 0.4) is 0 Å². The van der Waals surface area contributed by atoms with Gasteiger partial charge in [-0.15, -0.1) is 11.8 Å². The molecule has 0 aliphatic rings. The number of anilines is 1. The van der Waals surface area contributed by atoms with Crippen LogP contribution in [0.5, 0.6) is 5.75 Å². The summed E-state index contributed by atoms with van der Waals surface area (Å²) in [4.78, 5) is 12.0. The summed E-state index contributed by atoms with van der Waals surface area (Å²) in [6.45, 7) is 6.00. The van der Waals surface area contributed by atoms with Crippen molar-refractivity contribution in [1.82, 2.24) is 0 Å². The highest BCUT2D eigenvalue weighted by Gasteiger charge is 2.14. The number of nitrogens with one attached hydrogen (secondary N) is 1. The Morgan fingerprint density at radius 3 is 2.71 bits per heavy atom. The third kappa shape index (κ3) is 6.56. The maximum atomic E-state index is 12.0. The van der Waals surface area contributed by atoms with Gasteiger partial charge in [-0.3, -0.25) is 4.79 Å². The number of ether oxygens (including phenoxy) is 1. The van der Waals surface area contributed by atoms with Crippen LogP contribution in [0.25, 0.3) is 0 Å². The summed E-state index contributed by atoms with van der Waals surface area (Å²) in [6.07, 6.45) is 0. The van der Waals surface area contributed by atoms with Gasteiger partial charge in [0.05, 0.1) is 18.6 Å². The third-order valence-corrected chi connectivity index (χ3v) is 3.69. The van der Waals surface area contributed by atoms with Gasteiger partial charge in [-0.25, -0.2) is 0 Å². The third-order valence-electron chi connectivity index (χ3n) is 2.42. The lowest BCUT2D eigenvalue weighted by Crippen LogP contribution is -2.19. The number of amides is 1. The number of rotatable bonds is 4. The summed E-state index contributed by atoms with van der Waals surface area (Å²) >= 11 is 1.58. The second-order valence-electron chi connectivity index (χ2n) is 5.32. The van der Waals surface area contributed by atoms with E-state index < -0.39 is 0 Å². The first-order chi connectivity index (χ1) is 9.85. The van der Waals surface area contributed by atoms with Gasteiger partial charge in [0, 0.05) is 10.3 Å². The van der Waals surface area contributed by atoms with Crippen molar-refractivity contribution in [2.45, 2.75) is 25.5 Å². The smallest absolute Gasteiger partial charge is 0.234 e. The molecule has 1 rings (SSSR count). The molecular formula is C16H21NO3S. The van der Waals surface area contributed by atoms with Crippen LogP contribution in [-0.2, 0) is 4.79 Å². The molecule has 0 aliphatic carbocycles. The zero-order valence-corrected chi connectivity index (χ0v) is 13.6. The molecule has 21 heavy (non-hydrogen) atoms. The lowest BCUT2D eigenvalue weighted by Gasteiger charge is -2.17. The van der Waals surface area contributed by atoms with E-state index in [4.69, 9.17) is 9.84 Å². The quantitative estimate of drug-likeness (QED) is 0.839. The molecule has 0 saturated heterocycles. The minimum atomic E-state index is -0.198. The molecule has 1 aromatic carbocycles. The number of thioether (sulfide) groups is 1. The second kappa shape index (κ2) is 7.96. The van der Waals surface area contributed by atoms with Gasteiger partial charge in [0.15, 0.2) is 0 Å². The summed E-state index contributed by atoms with van der Waals surface area (Å²) in [5.41, 5.74) is 1.30. The molecule has 0 saturated carbocycles. The molecule has 0 bridgehead atoms. The van der Waals surface area contributed by atoms with E-state index in [1.54, 1.807) is 37.1 Å². The number of aliphatic hydroxyl groups is 1. The predicted molar refractivity (Wildman–Crippen MR) is 87.8 cm³/mol. The highest BCUT2D eigenvalue weighted by atomic mass is 32.2. The van der Waals surface area contributed by atoms with Crippen molar-refractivity contribution in [1.29, 1.82) is 0 Å². The summed E-state index contributed by atoms with van der Waals surface area (Å²) in [6, 6.07) is 5.26. The zero-order chi connectivity index (χ0) is 15.9. The van der Waals surface area contributed by atoms with Crippen molar-refractivity contribution < 1.29 is 14.6 Å². The lowest BCUT2D eigenvalue weighted by atomic mass is 10.2. The largest absolute Gasteiger partial charge is 0.495 e. The van der Waals surface area contributed by atoms with Gasteiger partial charge < -0.3 is 15.2 Å². The summed E-state index contributed by atoms with van der Waals surface area (Å²) < 4.78 is 5.27. The van der Waals surface area contributed by atoms with Crippen molar-refractivity contribution in [2.24, 2.45) is 0 Å². The first kappa shape index (κ1) is 17.4. The Morgan fingerprint density at radius 1 is 1.43 bits per heavy atom. The second-order valence-corrected chi connectivity index (χ2v) is 7.13. The van der Waals surface area contributed by atoms with Crippen molar-refractivity contribution >= 4 is 23.4 Å². The minimum absolute atomic E-state index is 0.0376. The highest BCUT2D eigenvalue weighted by molar-refractivity contribution is 8.01. The van der Waals surface area contributed by atoms with Crippen LogP contribution in [0.15, 0.2) is 18.2 Å². The van der Waals surface area contributed by atoms with E-state index in [1.165, 1.54) is 0 Å². The standard InChI is InChI=1S/C16H21NO3S/c1-16(2,3)21-11-15(19)17-13-10-12(6-5-9-18)7-8-14(13)20-4/h7-8,10,18H,9,11H2,1-4H3,(H,17,19). The van der Waals surface area contributed by atoms with Crippen LogP contribution in [-0.4, -0.2) is 35.2 Å². The fraction of sp³-hybridized carbons (Fsp3) is 0.438. The molecule has 0 heterocycles. The molecule has 0 aromatic heterocycles. The fourth-order valence-corrected chi connectivity index (χ4v) is 2.13. The van der Waals surface area contributed by atoms with E-state index >= 15 is 0 Å². The molecule has 0 spiro atoms. The summed E-state index contributed by atoms with van der Waals surface area (Å²) in [5.74, 6) is 6.25. The van der Waals surface area contributed by atoms with E-state index in [-0.39, 0.29) is 17.3 Å². The molecule has 0 radical (unpaired) electrons. The molecule has 4 nitrogen and oxygen atoms in total. The Hall–Kier alpha value is -1.64. The first-order valence-corrected chi connectivity index (χ1v) is 7.56. The maximum absolute atomic E-state index is 12.0. The molecule has 0 atom stereocenters. The number of hydrogen-bond donors (Lipinski definition) is 2. The first-order valence-electron chi connectivity index (χ1n) is 6.57. The summed E-state index contributed by atoms with van der Waals surface area (Å²) in [5, 5.41) is 11.6. The van der Waals surface area contributed by atoms with Gasteiger partial charge in [-0.2, -0.15) is 0 Å². The SMILES string of the molecule is COc1ccc(C#CCO)cc1NC(=O)CSC(C)(C)C. The number of hydrogen-bond acceptors (Lipinski definition) is 4. The molecule has 1 amide bonds. The zero-order valence-electron chi connectivity index (χ0n) is 12.8. The Balaban J connectivity index is 2.82. The van der Waals surface area contributed by atoms with Gasteiger partial charge >= 0.3 is 0 Å². The maximum Gasteiger partial charge on any atom is 0.234 e. The minimum Gasteiger partial charge on any atom is -0.495 e. The molecular weight excluding hydrogens is 286 g/mol. The molecule has 1 aromatic rings. The van der Waals surface area contributed by atoms with Crippen molar-refractivity contribution in [3.63, 3.8) is 0 Å². The molecule has 0 aliphatic heterocycles. The Kier molecular flexibility index (Phi) is 6.60. The van der Waals surface area contributed by atoms with Gasteiger partial charge in [0.2, 0.25) is 5.91 Å². The van der Waals surface area contributed by atoms with Crippen molar-refractivity contribution in [3.05, 3.63) is 23.8 Å². The number of methoxy groups -OCH3 is 1. The van der Waals surface area contributed by atoms with E-state index in [2.05, 4.69) is 37.9 Å². The summed E-state index contributed by atoms with van der Waals surface area (Å²) in [7, 11) is 1.55. The lowest BCUT2D eigenvalue weighted by molar-refractivity contribution is -0.113. The molecule has 5 heteroatoms. The van der Waals surface area contributed by atoms with Gasteiger partial charge in [-0.05, 0) is 18.2 Å². The number of aliphatic hydroxyl groups excluding tert-OH is 1. The highest BCUT2D eigenvalue weighted by Crippen LogP contribution is 2.27. The van der Waals surface area contributed by atoms with Crippen molar-refractivity contribution in [2.75, 3.05) is 24.8 Å². The number of benzene rings is 1. The van der Waals surface area contributed by atoms with Crippen molar-refractivity contribution in [3.8, 4) is 17.6 Å². The van der Waals surface area contributed by atoms with E-state index in [0.717, 1.165) is 0 Å². The molecule has 0 unspecified atom stereocenters. The van der Waals surface area contributed by atoms with Crippen LogP contribution in [0.1, 0.15) is 26.3 Å². The molecule has 2 N–H and O–H groups in total. The Labute approximate surface area is 130 Å². The van der Waals surface area contributed by atoms with Crippen LogP contribution < -0.4 is 10.1 Å². The van der Waals surface area contributed by atoms with Crippen LogP contribution >= 0.6 is 11.8 Å². The van der Waals surface area contributed by atoms with Gasteiger partial charge in [-0.1, -0.05) is 32.6 Å². The average molecular weight is 307 g/mol. The topological polar surface area (TPSA) is 58.6 Å². The van der Waals surface area contributed by atoms with Crippen LogP contribution in [0.2, 0.25) is 0 Å². The number of carbonyl (C=O) groups is 1. The molecule has 114 valence electrons. The van der Waals surface area contributed by atoms with Crippen LogP contribution in [0, 0.1) is 11.8 Å². The monoisotopic (exact) mass is 307 g/mol. The van der Waals surface area contributed by atoms with E-state index in [1.807, 2.05) is 0 Å². The Bertz CT molecular complexity index is 553. The molecule has 0 fully saturated rings. The van der Waals surface area contributed by atoms with Crippen LogP contribution in [0.4, 0.5) is 5.69 Å². The van der Waals surface area contributed by atoms with Gasteiger partial charge in [0.25, 0.3) is 0 Å². The average Bonchev–Trinajstić information content (AvgIpc) is 2.42. The Morgan fingerprint density at radius 2 is 2.14 bits per heavy atom.